The molecule has 1 aliphatic heterocycles. The highest BCUT2D eigenvalue weighted by Gasteiger charge is 2.34. The summed E-state index contributed by atoms with van der Waals surface area (Å²) in [4.78, 5) is 13.9. The minimum Gasteiger partial charge on any atom is -0.497 e. The number of carboxylic acids is 1. The van der Waals surface area contributed by atoms with Gasteiger partial charge >= 0.3 is 5.97 Å². The lowest BCUT2D eigenvalue weighted by atomic mass is 9.91. The SMILES string of the molecule is COc1ccc(-c2ccc(C(C)C)cc2)c(N2CCC(COc3cccc(C(CC(=O)O)C4CC4)c3)CC2)c1. The Kier molecular flexibility index (Phi) is 8.44. The molecule has 3 aromatic carbocycles. The lowest BCUT2D eigenvalue weighted by Gasteiger charge is -2.35. The summed E-state index contributed by atoms with van der Waals surface area (Å²) in [6, 6.07) is 23.5. The Morgan fingerprint density at radius 2 is 1.67 bits per heavy atom. The fourth-order valence-corrected chi connectivity index (χ4v) is 5.82. The predicted octanol–water partition coefficient (Wildman–Crippen LogP) is 7.75. The molecule has 206 valence electrons. The second-order valence-corrected chi connectivity index (χ2v) is 11.5. The molecule has 5 heteroatoms. The number of carbonyl (C=O) groups is 1. The first kappa shape index (κ1) is 27.1. The zero-order valence-electron chi connectivity index (χ0n) is 23.4. The number of nitrogens with zero attached hydrogens (tertiary/aromatic N) is 1. The van der Waals surface area contributed by atoms with Gasteiger partial charge in [0.05, 0.1) is 20.1 Å². The molecule has 39 heavy (non-hydrogen) atoms. The molecule has 1 aliphatic carbocycles. The van der Waals surface area contributed by atoms with Crippen molar-refractivity contribution in [1.29, 1.82) is 0 Å². The Bertz CT molecular complexity index is 1260. The fourth-order valence-electron chi connectivity index (χ4n) is 5.82. The van der Waals surface area contributed by atoms with Gasteiger partial charge in [0.25, 0.3) is 0 Å². The summed E-state index contributed by atoms with van der Waals surface area (Å²) in [5, 5.41) is 9.37. The number of benzene rings is 3. The number of rotatable bonds is 11. The minimum atomic E-state index is -0.725. The van der Waals surface area contributed by atoms with Gasteiger partial charge in [-0.3, -0.25) is 4.79 Å². The van der Waals surface area contributed by atoms with E-state index in [1.54, 1.807) is 7.11 Å². The van der Waals surface area contributed by atoms with Gasteiger partial charge in [-0.05, 0) is 90.3 Å². The van der Waals surface area contributed by atoms with Crippen LogP contribution in [0.1, 0.15) is 68.9 Å². The number of hydrogen-bond donors (Lipinski definition) is 1. The Labute approximate surface area is 232 Å². The van der Waals surface area contributed by atoms with Crippen molar-refractivity contribution in [1.82, 2.24) is 0 Å². The van der Waals surface area contributed by atoms with Crippen molar-refractivity contribution in [2.45, 2.75) is 57.8 Å². The van der Waals surface area contributed by atoms with Gasteiger partial charge in [0.15, 0.2) is 0 Å². The molecule has 0 spiro atoms. The van der Waals surface area contributed by atoms with E-state index in [0.29, 0.717) is 24.4 Å². The van der Waals surface area contributed by atoms with Gasteiger partial charge < -0.3 is 19.5 Å². The molecule has 1 unspecified atom stereocenters. The summed E-state index contributed by atoms with van der Waals surface area (Å²) in [5.41, 5.74) is 6.14. The van der Waals surface area contributed by atoms with Gasteiger partial charge in [0, 0.05) is 30.4 Å². The normalized spacial score (nSPS) is 16.8. The van der Waals surface area contributed by atoms with E-state index in [0.717, 1.165) is 55.8 Å². The van der Waals surface area contributed by atoms with Gasteiger partial charge in [-0.25, -0.2) is 0 Å². The van der Waals surface area contributed by atoms with Crippen molar-refractivity contribution in [3.05, 3.63) is 77.9 Å². The Morgan fingerprint density at radius 3 is 2.31 bits per heavy atom. The Morgan fingerprint density at radius 1 is 0.923 bits per heavy atom. The number of aliphatic carboxylic acids is 1. The van der Waals surface area contributed by atoms with Crippen molar-refractivity contribution < 1.29 is 19.4 Å². The fraction of sp³-hybridized carbons (Fsp3) is 0.441. The van der Waals surface area contributed by atoms with Crippen LogP contribution in [0.5, 0.6) is 11.5 Å². The first-order chi connectivity index (χ1) is 18.9. The van der Waals surface area contributed by atoms with E-state index in [-0.39, 0.29) is 12.3 Å². The smallest absolute Gasteiger partial charge is 0.303 e. The van der Waals surface area contributed by atoms with Crippen LogP contribution in [-0.4, -0.2) is 37.9 Å². The van der Waals surface area contributed by atoms with E-state index in [1.807, 2.05) is 18.2 Å². The Balaban J connectivity index is 1.22. The van der Waals surface area contributed by atoms with Crippen LogP contribution < -0.4 is 14.4 Å². The summed E-state index contributed by atoms with van der Waals surface area (Å²) in [6.07, 6.45) is 4.57. The first-order valence-electron chi connectivity index (χ1n) is 14.4. The van der Waals surface area contributed by atoms with Crippen molar-refractivity contribution in [2.75, 3.05) is 31.7 Å². The number of methoxy groups -OCH3 is 1. The highest BCUT2D eigenvalue weighted by molar-refractivity contribution is 5.80. The zero-order chi connectivity index (χ0) is 27.4. The monoisotopic (exact) mass is 527 g/mol. The Hall–Kier alpha value is -3.47. The summed E-state index contributed by atoms with van der Waals surface area (Å²) in [6.45, 7) is 7.08. The van der Waals surface area contributed by atoms with Gasteiger partial charge in [-0.15, -0.1) is 0 Å². The van der Waals surface area contributed by atoms with E-state index in [2.05, 4.69) is 67.3 Å². The molecule has 0 radical (unpaired) electrons. The molecule has 1 atom stereocenters. The van der Waals surface area contributed by atoms with E-state index in [9.17, 15) is 9.90 Å². The lowest BCUT2D eigenvalue weighted by Crippen LogP contribution is -2.35. The topological polar surface area (TPSA) is 59.0 Å². The summed E-state index contributed by atoms with van der Waals surface area (Å²) in [5.74, 6) is 2.60. The molecule has 1 saturated carbocycles. The van der Waals surface area contributed by atoms with Crippen molar-refractivity contribution in [3.8, 4) is 22.6 Å². The predicted molar refractivity (Wildman–Crippen MR) is 157 cm³/mol. The van der Waals surface area contributed by atoms with Crippen molar-refractivity contribution >= 4 is 11.7 Å². The van der Waals surface area contributed by atoms with Crippen LogP contribution in [0, 0.1) is 11.8 Å². The molecule has 1 saturated heterocycles. The number of piperidine rings is 1. The average Bonchev–Trinajstić information content (AvgIpc) is 3.80. The van der Waals surface area contributed by atoms with Gasteiger partial charge in [-0.2, -0.15) is 0 Å². The van der Waals surface area contributed by atoms with E-state index >= 15 is 0 Å². The third-order valence-electron chi connectivity index (χ3n) is 8.41. The third-order valence-corrected chi connectivity index (χ3v) is 8.41. The van der Waals surface area contributed by atoms with Gasteiger partial charge in [0.2, 0.25) is 0 Å². The van der Waals surface area contributed by atoms with Crippen LogP contribution in [0.25, 0.3) is 11.1 Å². The molecule has 0 bridgehead atoms. The molecular weight excluding hydrogens is 486 g/mol. The lowest BCUT2D eigenvalue weighted by molar-refractivity contribution is -0.137. The van der Waals surface area contributed by atoms with E-state index in [1.165, 1.54) is 22.4 Å². The number of hydrogen-bond acceptors (Lipinski definition) is 4. The second-order valence-electron chi connectivity index (χ2n) is 11.5. The van der Waals surface area contributed by atoms with Gasteiger partial charge in [-0.1, -0.05) is 50.2 Å². The third kappa shape index (κ3) is 6.76. The van der Waals surface area contributed by atoms with E-state index in [4.69, 9.17) is 9.47 Å². The standard InChI is InChI=1S/C34H41NO4/c1-23(2)25-7-9-26(10-8-25)31-14-13-29(38-3)20-33(31)35-17-15-24(16-18-35)22-39-30-6-4-5-28(19-30)32(21-34(36)37)27-11-12-27/h4-10,13-14,19-20,23-24,27,32H,11-12,15-18,21-22H2,1-3H3,(H,36,37). The highest BCUT2D eigenvalue weighted by atomic mass is 16.5. The number of anilines is 1. The molecular formula is C34H41NO4. The van der Waals surface area contributed by atoms with Crippen molar-refractivity contribution in [2.24, 2.45) is 11.8 Å². The minimum absolute atomic E-state index is 0.0907. The molecule has 3 aromatic rings. The number of ether oxygens (including phenoxy) is 2. The van der Waals surface area contributed by atoms with Crippen LogP contribution in [0.4, 0.5) is 5.69 Å². The summed E-state index contributed by atoms with van der Waals surface area (Å²) in [7, 11) is 1.73. The molecule has 0 amide bonds. The molecule has 2 aliphatic rings. The number of carboxylic acid groups (broad SMARTS) is 1. The molecule has 0 aromatic heterocycles. The molecule has 5 rings (SSSR count). The second kappa shape index (κ2) is 12.1. The van der Waals surface area contributed by atoms with Crippen LogP contribution in [-0.2, 0) is 4.79 Å². The molecule has 1 heterocycles. The largest absolute Gasteiger partial charge is 0.497 e. The maximum atomic E-state index is 11.4. The molecule has 2 fully saturated rings. The zero-order valence-corrected chi connectivity index (χ0v) is 23.4. The highest BCUT2D eigenvalue weighted by Crippen LogP contribution is 2.45. The molecule has 5 nitrogen and oxygen atoms in total. The maximum Gasteiger partial charge on any atom is 0.303 e. The van der Waals surface area contributed by atoms with Crippen LogP contribution in [0.3, 0.4) is 0 Å². The van der Waals surface area contributed by atoms with Crippen molar-refractivity contribution in [3.63, 3.8) is 0 Å². The van der Waals surface area contributed by atoms with Gasteiger partial charge in [0.1, 0.15) is 11.5 Å². The van der Waals surface area contributed by atoms with Crippen LogP contribution in [0.2, 0.25) is 0 Å². The van der Waals surface area contributed by atoms with Crippen LogP contribution in [0.15, 0.2) is 66.7 Å². The van der Waals surface area contributed by atoms with E-state index < -0.39 is 5.97 Å². The van der Waals surface area contributed by atoms with Crippen LogP contribution >= 0.6 is 0 Å². The maximum absolute atomic E-state index is 11.4. The summed E-state index contributed by atoms with van der Waals surface area (Å²) < 4.78 is 11.8. The average molecular weight is 528 g/mol. The molecule has 1 N–H and O–H groups in total. The quantitative estimate of drug-likeness (QED) is 0.276. The first-order valence-corrected chi connectivity index (χ1v) is 14.4. The summed E-state index contributed by atoms with van der Waals surface area (Å²) >= 11 is 0.